The van der Waals surface area contributed by atoms with Crippen LogP contribution >= 0.6 is 0 Å². The van der Waals surface area contributed by atoms with Crippen LogP contribution in [0, 0.1) is 5.92 Å². The molecular weight excluding hydrogens is 468 g/mol. The van der Waals surface area contributed by atoms with Gasteiger partial charge >= 0.3 is 11.9 Å². The molecule has 15 nitrogen and oxygen atoms in total. The lowest BCUT2D eigenvalue weighted by Crippen LogP contribution is -2.58. The summed E-state index contributed by atoms with van der Waals surface area (Å²) in [5, 5.41) is 25.1. The van der Waals surface area contributed by atoms with E-state index < -0.39 is 78.0 Å². The van der Waals surface area contributed by atoms with E-state index in [1.165, 1.54) is 0 Å². The third-order valence-electron chi connectivity index (χ3n) is 5.14. The fraction of sp³-hybridized carbons (Fsp3) is 0.650. The summed E-state index contributed by atoms with van der Waals surface area (Å²) in [7, 11) is 0. The minimum absolute atomic E-state index is 0.123. The summed E-state index contributed by atoms with van der Waals surface area (Å²) in [4.78, 5) is 82.6. The van der Waals surface area contributed by atoms with Crippen molar-refractivity contribution in [2.24, 2.45) is 23.1 Å². The Morgan fingerprint density at radius 1 is 0.771 bits per heavy atom. The average Bonchev–Trinajstić information content (AvgIpc) is 2.76. The van der Waals surface area contributed by atoms with Gasteiger partial charge in [0.2, 0.25) is 29.5 Å². The lowest BCUT2D eigenvalue weighted by molar-refractivity contribution is -0.144. The number of carboxylic acids is 2. The first-order valence-electron chi connectivity index (χ1n) is 10.9. The van der Waals surface area contributed by atoms with Gasteiger partial charge in [0.05, 0.1) is 12.5 Å². The molecule has 0 aliphatic rings. The van der Waals surface area contributed by atoms with Gasteiger partial charge in [0.25, 0.3) is 0 Å². The smallest absolute Gasteiger partial charge is 0.326 e. The molecule has 11 N–H and O–H groups in total. The van der Waals surface area contributed by atoms with Crippen molar-refractivity contribution in [2.45, 2.75) is 76.5 Å². The third-order valence-corrected chi connectivity index (χ3v) is 5.14. The number of rotatable bonds is 17. The maximum absolute atomic E-state index is 12.8. The van der Waals surface area contributed by atoms with Gasteiger partial charge in [0, 0.05) is 12.8 Å². The topological polar surface area (TPSA) is 274 Å². The van der Waals surface area contributed by atoms with E-state index in [4.69, 9.17) is 22.3 Å². The number of primary amides is 2. The van der Waals surface area contributed by atoms with Crippen molar-refractivity contribution >= 4 is 41.5 Å². The molecule has 0 heterocycles. The molecule has 35 heavy (non-hydrogen) atoms. The second-order valence-electron chi connectivity index (χ2n) is 8.05. The number of amides is 5. The van der Waals surface area contributed by atoms with Crippen molar-refractivity contribution < 1.29 is 43.8 Å². The molecule has 0 saturated carbocycles. The minimum Gasteiger partial charge on any atom is -0.481 e. The molecule has 15 heteroatoms. The molecule has 198 valence electrons. The standard InChI is InChI=1S/C20H34N6O9/c1-3-9(2)16(20(34)35)26-19(33)12(8-15(29)30)25-18(32)11(5-7-14(23)28)24-17(31)10(21)4-6-13(22)27/h9-12,16H,3-8,21H2,1-2H3,(H2,22,27)(H2,23,28)(H,24,31)(H,25,32)(H,26,33)(H,29,30)(H,34,35). The van der Waals surface area contributed by atoms with Gasteiger partial charge in [-0.25, -0.2) is 4.79 Å². The largest absolute Gasteiger partial charge is 0.481 e. The molecule has 0 radical (unpaired) electrons. The summed E-state index contributed by atoms with van der Waals surface area (Å²) < 4.78 is 0. The predicted molar refractivity (Wildman–Crippen MR) is 120 cm³/mol. The number of hydrogen-bond acceptors (Lipinski definition) is 8. The Bertz CT molecular complexity index is 819. The van der Waals surface area contributed by atoms with Gasteiger partial charge in [-0.1, -0.05) is 20.3 Å². The van der Waals surface area contributed by atoms with E-state index in [2.05, 4.69) is 16.0 Å². The first kappa shape index (κ1) is 31.2. The molecule has 0 aliphatic heterocycles. The van der Waals surface area contributed by atoms with Crippen LogP contribution in [-0.2, 0) is 33.6 Å². The van der Waals surface area contributed by atoms with Crippen LogP contribution in [0.2, 0.25) is 0 Å². The SMILES string of the molecule is CCC(C)C(NC(=O)C(CC(=O)O)NC(=O)C(CCC(N)=O)NC(=O)C(N)CCC(N)=O)C(=O)O. The van der Waals surface area contributed by atoms with E-state index in [1.807, 2.05) is 0 Å². The molecule has 0 rings (SSSR count). The number of nitrogens with one attached hydrogen (secondary N) is 3. The Kier molecular flexibility index (Phi) is 13.6. The van der Waals surface area contributed by atoms with E-state index in [9.17, 15) is 38.7 Å². The molecule has 5 amide bonds. The van der Waals surface area contributed by atoms with Gasteiger partial charge < -0.3 is 43.4 Å². The monoisotopic (exact) mass is 502 g/mol. The Balaban J connectivity index is 5.61. The Morgan fingerprint density at radius 3 is 1.71 bits per heavy atom. The molecule has 5 unspecified atom stereocenters. The van der Waals surface area contributed by atoms with Gasteiger partial charge in [-0.15, -0.1) is 0 Å². The maximum atomic E-state index is 12.8. The van der Waals surface area contributed by atoms with E-state index >= 15 is 0 Å². The zero-order chi connectivity index (χ0) is 27.3. The first-order valence-corrected chi connectivity index (χ1v) is 10.9. The summed E-state index contributed by atoms with van der Waals surface area (Å²) >= 11 is 0. The van der Waals surface area contributed by atoms with Crippen molar-refractivity contribution in [1.82, 2.24) is 16.0 Å². The molecule has 0 spiro atoms. The molecule has 0 aromatic heterocycles. The second-order valence-corrected chi connectivity index (χ2v) is 8.05. The molecule has 0 aliphatic carbocycles. The zero-order valence-corrected chi connectivity index (χ0v) is 19.6. The molecule has 0 bridgehead atoms. The van der Waals surface area contributed by atoms with Crippen LogP contribution in [0.3, 0.4) is 0 Å². The summed E-state index contributed by atoms with van der Waals surface area (Å²) in [6, 6.07) is -5.70. The quantitative estimate of drug-likeness (QED) is 0.0991. The molecule has 0 aromatic carbocycles. The lowest BCUT2D eigenvalue weighted by atomic mass is 9.98. The number of carboxylic acid groups (broad SMARTS) is 2. The third kappa shape index (κ3) is 12.3. The average molecular weight is 503 g/mol. The van der Waals surface area contributed by atoms with Crippen LogP contribution in [0.15, 0.2) is 0 Å². The Morgan fingerprint density at radius 2 is 1.26 bits per heavy atom. The van der Waals surface area contributed by atoms with Crippen molar-refractivity contribution in [3.8, 4) is 0 Å². The number of hydrogen-bond donors (Lipinski definition) is 8. The van der Waals surface area contributed by atoms with E-state index in [0.717, 1.165) is 0 Å². The summed E-state index contributed by atoms with van der Waals surface area (Å²) in [5.74, 6) is -7.76. The molecule has 5 atom stereocenters. The molecule has 0 saturated heterocycles. The lowest BCUT2D eigenvalue weighted by Gasteiger charge is -2.26. The fourth-order valence-electron chi connectivity index (χ4n) is 2.86. The Hall–Kier alpha value is -3.75. The zero-order valence-electron chi connectivity index (χ0n) is 19.6. The van der Waals surface area contributed by atoms with Gasteiger partial charge in [-0.3, -0.25) is 28.8 Å². The number of aliphatic carboxylic acids is 2. The second kappa shape index (κ2) is 15.2. The summed E-state index contributed by atoms with van der Waals surface area (Å²) in [5.41, 5.74) is 15.8. The van der Waals surface area contributed by atoms with Crippen LogP contribution < -0.4 is 33.2 Å². The minimum atomic E-state index is -1.69. The molecule has 0 fully saturated rings. The molecule has 0 aromatic rings. The maximum Gasteiger partial charge on any atom is 0.326 e. The normalized spacial score (nSPS) is 14.9. The van der Waals surface area contributed by atoms with Crippen LogP contribution in [-0.4, -0.2) is 75.9 Å². The summed E-state index contributed by atoms with van der Waals surface area (Å²) in [6.45, 7) is 3.27. The van der Waals surface area contributed by atoms with E-state index in [-0.39, 0.29) is 25.7 Å². The van der Waals surface area contributed by atoms with Gasteiger partial charge in [0.15, 0.2) is 0 Å². The van der Waals surface area contributed by atoms with Crippen LogP contribution in [0.1, 0.15) is 52.4 Å². The highest BCUT2D eigenvalue weighted by Gasteiger charge is 2.33. The number of nitrogens with two attached hydrogens (primary N) is 3. The van der Waals surface area contributed by atoms with Crippen molar-refractivity contribution in [3.63, 3.8) is 0 Å². The van der Waals surface area contributed by atoms with E-state index in [1.54, 1.807) is 13.8 Å². The predicted octanol–water partition coefficient (Wildman–Crippen LogP) is -3.10. The van der Waals surface area contributed by atoms with Crippen molar-refractivity contribution in [2.75, 3.05) is 0 Å². The van der Waals surface area contributed by atoms with Crippen molar-refractivity contribution in [3.05, 3.63) is 0 Å². The van der Waals surface area contributed by atoms with Gasteiger partial charge in [0.1, 0.15) is 18.1 Å². The van der Waals surface area contributed by atoms with Gasteiger partial charge in [-0.05, 0) is 18.8 Å². The Labute approximate surface area is 201 Å². The highest BCUT2D eigenvalue weighted by molar-refractivity contribution is 5.96. The fourth-order valence-corrected chi connectivity index (χ4v) is 2.86. The highest BCUT2D eigenvalue weighted by Crippen LogP contribution is 2.09. The highest BCUT2D eigenvalue weighted by atomic mass is 16.4. The van der Waals surface area contributed by atoms with Gasteiger partial charge in [-0.2, -0.15) is 0 Å². The van der Waals surface area contributed by atoms with E-state index in [0.29, 0.717) is 6.42 Å². The number of carbonyl (C=O) groups excluding carboxylic acids is 5. The van der Waals surface area contributed by atoms with Crippen LogP contribution in [0.4, 0.5) is 0 Å². The van der Waals surface area contributed by atoms with Crippen LogP contribution in [0.5, 0.6) is 0 Å². The van der Waals surface area contributed by atoms with Crippen LogP contribution in [0.25, 0.3) is 0 Å². The summed E-state index contributed by atoms with van der Waals surface area (Å²) in [6.07, 6.45) is -1.47. The number of carbonyl (C=O) groups is 7. The first-order chi connectivity index (χ1) is 16.2. The van der Waals surface area contributed by atoms with Crippen molar-refractivity contribution in [1.29, 1.82) is 0 Å². The molecular formula is C20H34N6O9.